The van der Waals surface area contributed by atoms with Crippen molar-refractivity contribution in [3.8, 4) is 0 Å². The summed E-state index contributed by atoms with van der Waals surface area (Å²) in [4.78, 5) is 22.2. The molecule has 9 nitrogen and oxygen atoms in total. The molecule has 1 aromatic heterocycles. The van der Waals surface area contributed by atoms with Crippen LogP contribution >= 0.6 is 7.82 Å². The Kier molecular flexibility index (Phi) is 19.5. The van der Waals surface area contributed by atoms with Crippen molar-refractivity contribution < 1.29 is 37.3 Å². The summed E-state index contributed by atoms with van der Waals surface area (Å²) in [6.07, 6.45) is 23.4. The number of phosphoric acid groups is 1. The summed E-state index contributed by atoms with van der Waals surface area (Å²) in [6, 6.07) is 11.9. The monoisotopic (exact) mass is 663 g/mol. The Morgan fingerprint density at radius 1 is 0.826 bits per heavy atom. The van der Waals surface area contributed by atoms with Gasteiger partial charge in [-0.2, -0.15) is 4.57 Å². The van der Waals surface area contributed by atoms with Gasteiger partial charge < -0.3 is 19.7 Å². The van der Waals surface area contributed by atoms with E-state index < -0.39 is 13.9 Å². The number of para-hydroxylation sites is 1. The summed E-state index contributed by atoms with van der Waals surface area (Å²) in [7, 11) is -4.22. The number of ether oxygens (including phenoxy) is 2. The van der Waals surface area contributed by atoms with Gasteiger partial charge in [0.05, 0.1) is 18.8 Å². The minimum atomic E-state index is -4.22. The smallest absolute Gasteiger partial charge is 0.447 e. The Morgan fingerprint density at radius 2 is 1.39 bits per heavy atom. The molecule has 46 heavy (non-hydrogen) atoms. The van der Waals surface area contributed by atoms with E-state index >= 15 is 0 Å². The fourth-order valence-electron chi connectivity index (χ4n) is 5.99. The van der Waals surface area contributed by atoms with Crippen LogP contribution in [0.2, 0.25) is 0 Å². The number of phosphoric ester groups is 1. The molecule has 1 fully saturated rings. The van der Waals surface area contributed by atoms with E-state index in [1.165, 1.54) is 89.9 Å². The van der Waals surface area contributed by atoms with Crippen LogP contribution in [0, 0.1) is 0 Å². The summed E-state index contributed by atoms with van der Waals surface area (Å²) >= 11 is 0. The first-order valence-electron chi connectivity index (χ1n) is 18.0. The molecule has 0 aliphatic carbocycles. The summed E-state index contributed by atoms with van der Waals surface area (Å²) in [6.45, 7) is 3.42. The molecule has 0 bridgehead atoms. The third-order valence-corrected chi connectivity index (χ3v) is 9.68. The molecule has 10 heteroatoms. The second kappa shape index (κ2) is 23.3. The van der Waals surface area contributed by atoms with Gasteiger partial charge in [0.1, 0.15) is 13.2 Å². The molecule has 1 amide bonds. The highest BCUT2D eigenvalue weighted by Crippen LogP contribution is 2.43. The highest BCUT2D eigenvalue weighted by atomic mass is 31.2. The molecule has 1 aliphatic rings. The van der Waals surface area contributed by atoms with Crippen LogP contribution in [0.25, 0.3) is 10.9 Å². The molecular formula is C36H60N2O7P+. The number of nitrogens with one attached hydrogen (secondary N) is 1. The number of benzene rings is 1. The first kappa shape index (κ1) is 38.4. The van der Waals surface area contributed by atoms with E-state index in [0.29, 0.717) is 25.9 Å². The molecular weight excluding hydrogens is 603 g/mol. The SMILES string of the molecule is CCCCCCCCCCCCCCCCCCNC(=O)OC[C@H]1CC[C@@H](COP(=O)(O)OCC[n+]2cccc3ccccc32)O1. The van der Waals surface area contributed by atoms with E-state index in [1.807, 2.05) is 47.2 Å². The zero-order valence-electron chi connectivity index (χ0n) is 28.3. The number of rotatable bonds is 26. The normalized spacial score (nSPS) is 17.7. The number of hydrogen-bond donors (Lipinski definition) is 2. The second-order valence-corrected chi connectivity index (χ2v) is 14.1. The largest absolute Gasteiger partial charge is 0.472 e. The molecule has 0 spiro atoms. The maximum absolute atomic E-state index is 12.4. The number of aromatic nitrogens is 1. The number of carbonyl (C=O) groups excluding carboxylic acids is 1. The highest BCUT2D eigenvalue weighted by Gasteiger charge is 2.30. The molecule has 1 aromatic carbocycles. The van der Waals surface area contributed by atoms with Crippen molar-refractivity contribution >= 4 is 24.8 Å². The molecule has 2 heterocycles. The molecule has 0 radical (unpaired) electrons. The lowest BCUT2D eigenvalue weighted by Gasteiger charge is -2.16. The van der Waals surface area contributed by atoms with Crippen LogP contribution in [0.1, 0.15) is 122 Å². The number of alkyl carbamates (subject to hydrolysis) is 1. The topological polar surface area (TPSA) is 107 Å². The summed E-state index contributed by atoms with van der Waals surface area (Å²) in [5.41, 5.74) is 1.02. The average Bonchev–Trinajstić information content (AvgIpc) is 3.52. The standard InChI is InChI=1S/C36H59N2O7P/c1-2-3-4-5-6-7-8-9-10-11-12-13-14-15-16-19-26-37-36(39)42-30-33-24-25-34(45-33)31-44-46(40,41)43-29-28-38-27-20-22-32-21-17-18-23-35(32)38/h17-18,20-23,27,33-34H,2-16,19,24-26,28-31H2,1H3,(H-,37,39,40,41)/p+1/t33-,34+/m1/s1. The summed E-state index contributed by atoms with van der Waals surface area (Å²) in [5.74, 6) is 0. The van der Waals surface area contributed by atoms with Crippen molar-refractivity contribution in [2.45, 2.75) is 141 Å². The van der Waals surface area contributed by atoms with Crippen molar-refractivity contribution in [2.24, 2.45) is 0 Å². The Balaban J connectivity index is 1.11. The third-order valence-electron chi connectivity index (χ3n) is 8.69. The Hall–Kier alpha value is -2.03. The maximum atomic E-state index is 12.4. The summed E-state index contributed by atoms with van der Waals surface area (Å²) < 4.78 is 35.9. The molecule has 3 rings (SSSR count). The fraction of sp³-hybridized carbons (Fsp3) is 0.722. The van der Waals surface area contributed by atoms with Gasteiger partial charge in [-0.1, -0.05) is 115 Å². The van der Waals surface area contributed by atoms with Gasteiger partial charge in [0.2, 0.25) is 5.52 Å². The van der Waals surface area contributed by atoms with Gasteiger partial charge in [-0.15, -0.1) is 0 Å². The van der Waals surface area contributed by atoms with Crippen molar-refractivity contribution in [3.63, 3.8) is 0 Å². The lowest BCUT2D eigenvalue weighted by atomic mass is 10.0. The van der Waals surface area contributed by atoms with E-state index in [4.69, 9.17) is 18.5 Å². The molecule has 1 saturated heterocycles. The van der Waals surface area contributed by atoms with Crippen LogP contribution in [0.3, 0.4) is 0 Å². The molecule has 1 aliphatic heterocycles. The minimum absolute atomic E-state index is 0.0307. The van der Waals surface area contributed by atoms with Crippen LogP contribution in [-0.4, -0.2) is 49.6 Å². The minimum Gasteiger partial charge on any atom is -0.447 e. The van der Waals surface area contributed by atoms with E-state index in [2.05, 4.69) is 12.2 Å². The lowest BCUT2D eigenvalue weighted by molar-refractivity contribution is -0.672. The first-order valence-corrected chi connectivity index (χ1v) is 19.5. The Bertz CT molecular complexity index is 1150. The van der Waals surface area contributed by atoms with Crippen LogP contribution < -0.4 is 9.88 Å². The zero-order chi connectivity index (χ0) is 32.7. The van der Waals surface area contributed by atoms with Gasteiger partial charge in [0.25, 0.3) is 0 Å². The Morgan fingerprint density at radius 3 is 2.04 bits per heavy atom. The van der Waals surface area contributed by atoms with Crippen LogP contribution in [-0.2, 0) is 29.6 Å². The second-order valence-electron chi connectivity index (χ2n) is 12.6. The van der Waals surface area contributed by atoms with E-state index in [-0.39, 0.29) is 32.0 Å². The van der Waals surface area contributed by atoms with E-state index in [9.17, 15) is 14.3 Å². The number of hydrogen-bond acceptors (Lipinski definition) is 6. The molecule has 260 valence electrons. The van der Waals surface area contributed by atoms with Gasteiger partial charge in [-0.25, -0.2) is 9.36 Å². The number of carbonyl (C=O) groups is 1. The van der Waals surface area contributed by atoms with Crippen molar-refractivity contribution in [2.75, 3.05) is 26.4 Å². The molecule has 1 unspecified atom stereocenters. The van der Waals surface area contributed by atoms with Gasteiger partial charge in [0, 0.05) is 24.1 Å². The van der Waals surface area contributed by atoms with Gasteiger partial charge in [0.15, 0.2) is 12.7 Å². The number of amides is 1. The van der Waals surface area contributed by atoms with Gasteiger partial charge in [-0.05, 0) is 31.4 Å². The number of pyridine rings is 1. The lowest BCUT2D eigenvalue weighted by Crippen LogP contribution is -2.36. The molecule has 3 atom stereocenters. The Labute approximate surface area is 277 Å². The van der Waals surface area contributed by atoms with Crippen LogP contribution in [0.5, 0.6) is 0 Å². The predicted octanol–water partition coefficient (Wildman–Crippen LogP) is 8.80. The fourth-order valence-corrected chi connectivity index (χ4v) is 6.74. The van der Waals surface area contributed by atoms with Crippen molar-refractivity contribution in [1.29, 1.82) is 0 Å². The quantitative estimate of drug-likeness (QED) is 0.0589. The van der Waals surface area contributed by atoms with E-state index in [0.717, 1.165) is 23.7 Å². The zero-order valence-corrected chi connectivity index (χ0v) is 29.1. The highest BCUT2D eigenvalue weighted by molar-refractivity contribution is 7.47. The number of fused-ring (bicyclic) bond motifs is 1. The van der Waals surface area contributed by atoms with Gasteiger partial charge >= 0.3 is 13.9 Å². The van der Waals surface area contributed by atoms with Gasteiger partial charge in [-0.3, -0.25) is 9.05 Å². The molecule has 2 N–H and O–H groups in total. The summed E-state index contributed by atoms with van der Waals surface area (Å²) in [5, 5.41) is 3.91. The van der Waals surface area contributed by atoms with Crippen LogP contribution in [0.15, 0.2) is 42.6 Å². The molecule has 0 saturated carbocycles. The predicted molar refractivity (Wildman–Crippen MR) is 183 cm³/mol. The van der Waals surface area contributed by atoms with Crippen molar-refractivity contribution in [1.82, 2.24) is 5.32 Å². The first-order chi connectivity index (χ1) is 22.5. The number of nitrogens with zero attached hydrogens (tertiary/aromatic N) is 1. The average molecular weight is 664 g/mol. The third kappa shape index (κ3) is 16.7. The van der Waals surface area contributed by atoms with E-state index in [1.54, 1.807) is 0 Å². The van der Waals surface area contributed by atoms with Crippen LogP contribution in [0.4, 0.5) is 4.79 Å². The maximum Gasteiger partial charge on any atom is 0.472 e. The molecule has 2 aromatic rings. The van der Waals surface area contributed by atoms with Crippen molar-refractivity contribution in [3.05, 3.63) is 42.6 Å². The number of unbranched alkanes of at least 4 members (excludes halogenated alkanes) is 15.